The zero-order valence-electron chi connectivity index (χ0n) is 10.9. The van der Waals surface area contributed by atoms with Crippen molar-refractivity contribution in [2.45, 2.75) is 6.54 Å². The second-order valence-corrected chi connectivity index (χ2v) is 5.40. The number of nitrogens with one attached hydrogen (secondary N) is 1. The smallest absolute Gasteiger partial charge is 0.253 e. The van der Waals surface area contributed by atoms with Crippen LogP contribution in [0.15, 0.2) is 52.9 Å². The molecule has 2 aromatic carbocycles. The normalized spacial score (nSPS) is 10.8. The van der Waals surface area contributed by atoms with Crippen LogP contribution in [-0.2, 0) is 6.54 Å². The standard InChI is InChI=1S/C16H11Cl2NO2/c17-11-5-6-13(14(18)8-11)16(20)19-9-12-7-10-3-1-2-4-15(10)21-12/h1-8H,9H2,(H,19,20). The molecule has 3 nitrogen and oxygen atoms in total. The van der Waals surface area contributed by atoms with E-state index >= 15 is 0 Å². The highest BCUT2D eigenvalue weighted by Gasteiger charge is 2.11. The number of para-hydroxylation sites is 1. The summed E-state index contributed by atoms with van der Waals surface area (Å²) >= 11 is 11.8. The van der Waals surface area contributed by atoms with Crippen molar-refractivity contribution >= 4 is 40.1 Å². The van der Waals surface area contributed by atoms with Gasteiger partial charge in [-0.1, -0.05) is 41.4 Å². The van der Waals surface area contributed by atoms with Crippen molar-refractivity contribution in [3.63, 3.8) is 0 Å². The summed E-state index contributed by atoms with van der Waals surface area (Å²) in [7, 11) is 0. The summed E-state index contributed by atoms with van der Waals surface area (Å²) in [6, 6.07) is 14.4. The number of carbonyl (C=O) groups excluding carboxylic acids is 1. The molecule has 1 N–H and O–H groups in total. The van der Waals surface area contributed by atoms with Gasteiger partial charge in [0, 0.05) is 10.4 Å². The Bertz CT molecular complexity index is 778. The number of hydrogen-bond acceptors (Lipinski definition) is 2. The molecular formula is C16H11Cl2NO2. The molecule has 5 heteroatoms. The first-order chi connectivity index (χ1) is 10.1. The summed E-state index contributed by atoms with van der Waals surface area (Å²) in [6.45, 7) is 0.298. The monoisotopic (exact) mass is 319 g/mol. The molecule has 0 aliphatic rings. The summed E-state index contributed by atoms with van der Waals surface area (Å²) in [5, 5.41) is 4.60. The van der Waals surface area contributed by atoms with Gasteiger partial charge in [0.15, 0.2) is 0 Å². The van der Waals surface area contributed by atoms with Crippen LogP contribution in [0.4, 0.5) is 0 Å². The van der Waals surface area contributed by atoms with Gasteiger partial charge in [-0.3, -0.25) is 4.79 Å². The zero-order chi connectivity index (χ0) is 14.8. The number of fused-ring (bicyclic) bond motifs is 1. The lowest BCUT2D eigenvalue weighted by molar-refractivity contribution is 0.0948. The lowest BCUT2D eigenvalue weighted by Crippen LogP contribution is -2.22. The molecule has 0 aliphatic heterocycles. The van der Waals surface area contributed by atoms with Crippen molar-refractivity contribution in [3.8, 4) is 0 Å². The van der Waals surface area contributed by atoms with E-state index in [-0.39, 0.29) is 5.91 Å². The van der Waals surface area contributed by atoms with E-state index in [0.29, 0.717) is 27.9 Å². The van der Waals surface area contributed by atoms with Crippen LogP contribution in [0.3, 0.4) is 0 Å². The summed E-state index contributed by atoms with van der Waals surface area (Å²) in [5.74, 6) is 0.423. The van der Waals surface area contributed by atoms with Gasteiger partial charge in [-0.15, -0.1) is 0 Å². The number of rotatable bonds is 3. The van der Waals surface area contributed by atoms with Gasteiger partial charge in [0.2, 0.25) is 0 Å². The van der Waals surface area contributed by atoms with Crippen molar-refractivity contribution in [2.24, 2.45) is 0 Å². The van der Waals surface area contributed by atoms with Gasteiger partial charge >= 0.3 is 0 Å². The van der Waals surface area contributed by atoms with Crippen LogP contribution in [-0.4, -0.2) is 5.91 Å². The molecule has 0 unspecified atom stereocenters. The van der Waals surface area contributed by atoms with Crippen LogP contribution < -0.4 is 5.32 Å². The minimum absolute atomic E-state index is 0.267. The number of carbonyl (C=O) groups is 1. The Kier molecular flexibility index (Phi) is 3.86. The molecule has 1 aromatic heterocycles. The first kappa shape index (κ1) is 14.0. The van der Waals surface area contributed by atoms with E-state index in [4.69, 9.17) is 27.6 Å². The SMILES string of the molecule is O=C(NCc1cc2ccccc2o1)c1ccc(Cl)cc1Cl. The molecule has 106 valence electrons. The van der Waals surface area contributed by atoms with E-state index in [2.05, 4.69) is 5.32 Å². The second kappa shape index (κ2) is 5.80. The Morgan fingerprint density at radius 3 is 2.67 bits per heavy atom. The minimum atomic E-state index is -0.267. The van der Waals surface area contributed by atoms with Crippen LogP contribution in [0, 0.1) is 0 Å². The molecule has 21 heavy (non-hydrogen) atoms. The zero-order valence-corrected chi connectivity index (χ0v) is 12.4. The fraction of sp³-hybridized carbons (Fsp3) is 0.0625. The molecule has 0 radical (unpaired) electrons. The van der Waals surface area contributed by atoms with Crippen molar-refractivity contribution < 1.29 is 9.21 Å². The highest BCUT2D eigenvalue weighted by atomic mass is 35.5. The quantitative estimate of drug-likeness (QED) is 0.762. The molecular weight excluding hydrogens is 309 g/mol. The van der Waals surface area contributed by atoms with Gasteiger partial charge in [-0.25, -0.2) is 0 Å². The topological polar surface area (TPSA) is 42.2 Å². The second-order valence-electron chi connectivity index (χ2n) is 4.56. The predicted molar refractivity (Wildman–Crippen MR) is 83.8 cm³/mol. The fourth-order valence-corrected chi connectivity index (χ4v) is 2.55. The molecule has 1 heterocycles. The van der Waals surface area contributed by atoms with Gasteiger partial charge < -0.3 is 9.73 Å². The van der Waals surface area contributed by atoms with Crippen molar-refractivity contribution in [1.82, 2.24) is 5.32 Å². The molecule has 3 aromatic rings. The first-order valence-electron chi connectivity index (χ1n) is 6.34. The van der Waals surface area contributed by atoms with Crippen LogP contribution in [0.2, 0.25) is 10.0 Å². The van der Waals surface area contributed by atoms with E-state index in [1.165, 1.54) is 0 Å². The van der Waals surface area contributed by atoms with Gasteiger partial charge in [0.25, 0.3) is 5.91 Å². The van der Waals surface area contributed by atoms with Crippen LogP contribution in [0.5, 0.6) is 0 Å². The maximum atomic E-state index is 12.1. The minimum Gasteiger partial charge on any atom is -0.459 e. The van der Waals surface area contributed by atoms with Crippen molar-refractivity contribution in [1.29, 1.82) is 0 Å². The van der Waals surface area contributed by atoms with Crippen LogP contribution in [0.1, 0.15) is 16.1 Å². The lowest BCUT2D eigenvalue weighted by Gasteiger charge is -2.05. The predicted octanol–water partition coefficient (Wildman–Crippen LogP) is 4.67. The van der Waals surface area contributed by atoms with Crippen molar-refractivity contribution in [3.05, 3.63) is 69.9 Å². The molecule has 0 spiro atoms. The summed E-state index contributed by atoms with van der Waals surface area (Å²) in [5.41, 5.74) is 1.18. The number of halogens is 2. The maximum absolute atomic E-state index is 12.1. The maximum Gasteiger partial charge on any atom is 0.253 e. The van der Waals surface area contributed by atoms with E-state index in [1.54, 1.807) is 18.2 Å². The van der Waals surface area contributed by atoms with Crippen LogP contribution >= 0.6 is 23.2 Å². The van der Waals surface area contributed by atoms with Gasteiger partial charge in [0.05, 0.1) is 17.1 Å². The molecule has 0 saturated carbocycles. The molecule has 3 rings (SSSR count). The molecule has 0 fully saturated rings. The number of furan rings is 1. The van der Waals surface area contributed by atoms with E-state index in [0.717, 1.165) is 11.0 Å². The number of benzene rings is 2. The Morgan fingerprint density at radius 2 is 1.90 bits per heavy atom. The van der Waals surface area contributed by atoms with Gasteiger partial charge in [0.1, 0.15) is 11.3 Å². The number of hydrogen-bond donors (Lipinski definition) is 1. The molecule has 0 aliphatic carbocycles. The first-order valence-corrected chi connectivity index (χ1v) is 7.10. The molecule has 0 bridgehead atoms. The third-order valence-corrected chi connectivity index (χ3v) is 3.62. The summed E-state index contributed by atoms with van der Waals surface area (Å²) in [6.07, 6.45) is 0. The lowest BCUT2D eigenvalue weighted by atomic mass is 10.2. The third-order valence-electron chi connectivity index (χ3n) is 3.08. The van der Waals surface area contributed by atoms with Crippen LogP contribution in [0.25, 0.3) is 11.0 Å². The van der Waals surface area contributed by atoms with E-state index in [1.807, 2.05) is 30.3 Å². The third kappa shape index (κ3) is 3.04. The van der Waals surface area contributed by atoms with E-state index < -0.39 is 0 Å². The Balaban J connectivity index is 1.73. The van der Waals surface area contributed by atoms with Gasteiger partial charge in [-0.2, -0.15) is 0 Å². The van der Waals surface area contributed by atoms with Crippen molar-refractivity contribution in [2.75, 3.05) is 0 Å². The van der Waals surface area contributed by atoms with Gasteiger partial charge in [-0.05, 0) is 30.3 Å². The number of amides is 1. The Hall–Kier alpha value is -1.97. The average molecular weight is 320 g/mol. The highest BCUT2D eigenvalue weighted by Crippen LogP contribution is 2.21. The fourth-order valence-electron chi connectivity index (χ4n) is 2.06. The largest absolute Gasteiger partial charge is 0.459 e. The van der Waals surface area contributed by atoms with E-state index in [9.17, 15) is 4.79 Å². The average Bonchev–Trinajstić information content (AvgIpc) is 2.87. The molecule has 0 atom stereocenters. The molecule has 1 amide bonds. The summed E-state index contributed by atoms with van der Waals surface area (Å²) < 4.78 is 5.63. The Labute approximate surface area is 131 Å². The highest BCUT2D eigenvalue weighted by molar-refractivity contribution is 6.36. The summed E-state index contributed by atoms with van der Waals surface area (Å²) in [4.78, 5) is 12.1. The Morgan fingerprint density at radius 1 is 1.10 bits per heavy atom. The molecule has 0 saturated heterocycles.